The third kappa shape index (κ3) is 5.73. The van der Waals surface area contributed by atoms with E-state index >= 15 is 0 Å². The molecule has 3 N–H and O–H groups in total. The Morgan fingerprint density at radius 3 is 2.86 bits per heavy atom. The third-order valence-electron chi connectivity index (χ3n) is 3.51. The van der Waals surface area contributed by atoms with Crippen molar-refractivity contribution in [1.82, 2.24) is 16.0 Å². The molecular formula is C16H23N3O3. The molecule has 0 bridgehead atoms. The normalized spacial score (nSPS) is 17.6. The number of carbonyl (C=O) groups is 2. The summed E-state index contributed by atoms with van der Waals surface area (Å²) in [5, 5.41) is 8.73. The lowest BCUT2D eigenvalue weighted by Crippen LogP contribution is -2.48. The molecule has 22 heavy (non-hydrogen) atoms. The molecule has 2 rings (SSSR count). The lowest BCUT2D eigenvalue weighted by molar-refractivity contribution is -0.124. The van der Waals surface area contributed by atoms with Gasteiger partial charge in [0.05, 0.1) is 6.04 Å². The maximum Gasteiger partial charge on any atom is 0.407 e. The third-order valence-corrected chi connectivity index (χ3v) is 3.51. The second-order valence-corrected chi connectivity index (χ2v) is 5.28. The van der Waals surface area contributed by atoms with Crippen molar-refractivity contribution in [2.24, 2.45) is 0 Å². The van der Waals surface area contributed by atoms with E-state index in [4.69, 9.17) is 4.74 Å². The summed E-state index contributed by atoms with van der Waals surface area (Å²) in [7, 11) is 0. The molecule has 1 aromatic carbocycles. The summed E-state index contributed by atoms with van der Waals surface area (Å²) in [5.74, 6) is 0.0708. The van der Waals surface area contributed by atoms with Crippen LogP contribution in [-0.4, -0.2) is 37.7 Å². The van der Waals surface area contributed by atoms with Gasteiger partial charge in [0.2, 0.25) is 5.91 Å². The largest absolute Gasteiger partial charge is 0.445 e. The van der Waals surface area contributed by atoms with Gasteiger partial charge in [-0.1, -0.05) is 30.3 Å². The molecule has 1 saturated heterocycles. The molecule has 0 aliphatic carbocycles. The number of carbonyl (C=O) groups excluding carboxylic acids is 2. The minimum atomic E-state index is -0.417. The van der Waals surface area contributed by atoms with E-state index in [1.807, 2.05) is 30.3 Å². The van der Waals surface area contributed by atoms with Gasteiger partial charge in [0, 0.05) is 13.1 Å². The number of alkyl carbamates (subject to hydrolysis) is 1. The molecule has 0 spiro atoms. The van der Waals surface area contributed by atoms with E-state index in [2.05, 4.69) is 16.0 Å². The Bertz CT molecular complexity index is 479. The molecule has 1 fully saturated rings. The predicted octanol–water partition coefficient (Wildman–Crippen LogP) is 1.17. The van der Waals surface area contributed by atoms with Crippen molar-refractivity contribution in [3.63, 3.8) is 0 Å². The molecule has 2 amide bonds. The molecule has 1 aliphatic heterocycles. The van der Waals surface area contributed by atoms with Gasteiger partial charge in [-0.05, 0) is 31.4 Å². The van der Waals surface area contributed by atoms with Crippen LogP contribution in [0.25, 0.3) is 0 Å². The van der Waals surface area contributed by atoms with Crippen LogP contribution in [0.15, 0.2) is 30.3 Å². The van der Waals surface area contributed by atoms with Gasteiger partial charge in [0.25, 0.3) is 0 Å². The molecule has 1 heterocycles. The molecule has 120 valence electrons. The molecule has 1 aromatic rings. The van der Waals surface area contributed by atoms with Gasteiger partial charge in [-0.15, -0.1) is 0 Å². The minimum absolute atomic E-state index is 0.0708. The van der Waals surface area contributed by atoms with Crippen LogP contribution in [-0.2, 0) is 16.1 Å². The predicted molar refractivity (Wildman–Crippen MR) is 83.3 cm³/mol. The highest BCUT2D eigenvalue weighted by atomic mass is 16.5. The maximum atomic E-state index is 11.5. The Balaban J connectivity index is 1.51. The zero-order valence-corrected chi connectivity index (χ0v) is 12.6. The number of ether oxygens (including phenoxy) is 1. The van der Waals surface area contributed by atoms with Crippen molar-refractivity contribution < 1.29 is 14.3 Å². The monoisotopic (exact) mass is 305 g/mol. The van der Waals surface area contributed by atoms with Crippen LogP contribution >= 0.6 is 0 Å². The van der Waals surface area contributed by atoms with Gasteiger partial charge in [-0.3, -0.25) is 4.79 Å². The highest BCUT2D eigenvalue weighted by Crippen LogP contribution is 2.02. The summed E-state index contributed by atoms with van der Waals surface area (Å²) in [6, 6.07) is 9.45. The van der Waals surface area contributed by atoms with Gasteiger partial charge >= 0.3 is 6.09 Å². The van der Waals surface area contributed by atoms with Crippen molar-refractivity contribution in [2.75, 3.05) is 19.6 Å². The first-order valence-electron chi connectivity index (χ1n) is 7.71. The van der Waals surface area contributed by atoms with E-state index in [0.29, 0.717) is 13.1 Å². The zero-order chi connectivity index (χ0) is 15.6. The summed E-state index contributed by atoms with van der Waals surface area (Å²) in [6.45, 7) is 2.25. The van der Waals surface area contributed by atoms with E-state index in [-0.39, 0.29) is 18.6 Å². The van der Waals surface area contributed by atoms with Crippen molar-refractivity contribution in [1.29, 1.82) is 0 Å². The van der Waals surface area contributed by atoms with Crippen LogP contribution in [0.2, 0.25) is 0 Å². The quantitative estimate of drug-likeness (QED) is 0.661. The van der Waals surface area contributed by atoms with Crippen LogP contribution in [0.4, 0.5) is 4.79 Å². The number of amides is 2. The molecule has 1 atom stereocenters. The topological polar surface area (TPSA) is 79.5 Å². The minimum Gasteiger partial charge on any atom is -0.445 e. The second kappa shape index (κ2) is 9.04. The van der Waals surface area contributed by atoms with Crippen molar-refractivity contribution in [3.8, 4) is 0 Å². The van der Waals surface area contributed by atoms with E-state index in [0.717, 1.165) is 31.4 Å². The average molecular weight is 305 g/mol. The highest BCUT2D eigenvalue weighted by Gasteiger charge is 2.20. The Hall–Kier alpha value is -2.08. The van der Waals surface area contributed by atoms with Gasteiger partial charge in [0.15, 0.2) is 0 Å². The SMILES string of the molecule is O=C(NCCCNC1CCCNC1=O)OCc1ccccc1. The number of rotatable bonds is 7. The highest BCUT2D eigenvalue weighted by molar-refractivity contribution is 5.82. The number of nitrogens with one attached hydrogen (secondary N) is 3. The Labute approximate surface area is 130 Å². The summed E-state index contributed by atoms with van der Waals surface area (Å²) >= 11 is 0. The number of hydrogen-bond donors (Lipinski definition) is 3. The smallest absolute Gasteiger partial charge is 0.407 e. The number of piperidine rings is 1. The van der Waals surface area contributed by atoms with E-state index in [1.54, 1.807) is 0 Å². The maximum absolute atomic E-state index is 11.5. The van der Waals surface area contributed by atoms with Crippen molar-refractivity contribution >= 4 is 12.0 Å². The summed E-state index contributed by atoms with van der Waals surface area (Å²) in [6.07, 6.45) is 2.22. The Morgan fingerprint density at radius 2 is 2.09 bits per heavy atom. The first-order chi connectivity index (χ1) is 10.8. The number of hydrogen-bond acceptors (Lipinski definition) is 4. The molecular weight excluding hydrogens is 282 g/mol. The van der Waals surface area contributed by atoms with E-state index < -0.39 is 6.09 Å². The Kier molecular flexibility index (Phi) is 6.70. The fourth-order valence-corrected chi connectivity index (χ4v) is 2.30. The fourth-order valence-electron chi connectivity index (χ4n) is 2.30. The van der Waals surface area contributed by atoms with Crippen LogP contribution in [0, 0.1) is 0 Å². The van der Waals surface area contributed by atoms with E-state index in [1.165, 1.54) is 0 Å². The molecule has 1 aliphatic rings. The first kappa shape index (κ1) is 16.3. The molecule has 1 unspecified atom stereocenters. The van der Waals surface area contributed by atoms with Crippen LogP contribution in [0.1, 0.15) is 24.8 Å². The van der Waals surface area contributed by atoms with Gasteiger partial charge < -0.3 is 20.7 Å². The van der Waals surface area contributed by atoms with Crippen molar-refractivity contribution in [2.45, 2.75) is 31.9 Å². The lowest BCUT2D eigenvalue weighted by atomic mass is 10.1. The Morgan fingerprint density at radius 1 is 1.27 bits per heavy atom. The molecule has 0 saturated carbocycles. The standard InChI is InChI=1S/C16H23N3O3/c20-15-14(8-4-9-18-15)17-10-5-11-19-16(21)22-12-13-6-2-1-3-7-13/h1-3,6-7,14,17H,4-5,8-12H2,(H,18,20)(H,19,21). The molecule has 0 radical (unpaired) electrons. The van der Waals surface area contributed by atoms with Gasteiger partial charge in [0.1, 0.15) is 6.61 Å². The molecule has 6 nitrogen and oxygen atoms in total. The zero-order valence-electron chi connectivity index (χ0n) is 12.6. The van der Waals surface area contributed by atoms with E-state index in [9.17, 15) is 9.59 Å². The lowest BCUT2D eigenvalue weighted by Gasteiger charge is -2.22. The summed E-state index contributed by atoms with van der Waals surface area (Å²) in [5.41, 5.74) is 0.961. The van der Waals surface area contributed by atoms with Crippen LogP contribution in [0.5, 0.6) is 0 Å². The summed E-state index contributed by atoms with van der Waals surface area (Å²) in [4.78, 5) is 23.0. The van der Waals surface area contributed by atoms with Crippen LogP contribution in [0.3, 0.4) is 0 Å². The second-order valence-electron chi connectivity index (χ2n) is 5.28. The average Bonchev–Trinajstić information content (AvgIpc) is 2.55. The molecule has 0 aromatic heterocycles. The summed E-state index contributed by atoms with van der Waals surface area (Å²) < 4.78 is 5.11. The first-order valence-corrected chi connectivity index (χ1v) is 7.71. The van der Waals surface area contributed by atoms with Crippen molar-refractivity contribution in [3.05, 3.63) is 35.9 Å². The molecule has 6 heteroatoms. The fraction of sp³-hybridized carbons (Fsp3) is 0.500. The number of benzene rings is 1. The van der Waals surface area contributed by atoms with Crippen LogP contribution < -0.4 is 16.0 Å². The van der Waals surface area contributed by atoms with Gasteiger partial charge in [-0.25, -0.2) is 4.79 Å². The van der Waals surface area contributed by atoms with Gasteiger partial charge in [-0.2, -0.15) is 0 Å².